The van der Waals surface area contributed by atoms with Crippen LogP contribution in [0.5, 0.6) is 17.2 Å². The van der Waals surface area contributed by atoms with E-state index in [1.165, 1.54) is 14.2 Å². The van der Waals surface area contributed by atoms with Gasteiger partial charge in [-0.3, -0.25) is 4.79 Å². The van der Waals surface area contributed by atoms with Crippen LogP contribution in [0.4, 0.5) is 0 Å². The Hall–Kier alpha value is -4.18. The van der Waals surface area contributed by atoms with Crippen LogP contribution in [-0.4, -0.2) is 18.8 Å². The lowest BCUT2D eigenvalue weighted by molar-refractivity contribution is 0.348. The average molecular weight is 444 g/mol. The maximum absolute atomic E-state index is 13.8. The molecule has 0 amide bonds. The maximum Gasteiger partial charge on any atom is 0.258 e. The Morgan fingerprint density at radius 3 is 2.55 bits per heavy atom. The molecule has 0 bridgehead atoms. The summed E-state index contributed by atoms with van der Waals surface area (Å²) in [6, 6.07) is 19.3. The number of methoxy groups -OCH3 is 2. The predicted octanol–water partition coefficient (Wildman–Crippen LogP) is 3.63. The first-order valence-corrected chi connectivity index (χ1v) is 10.6. The van der Waals surface area contributed by atoms with Crippen LogP contribution in [0.2, 0.25) is 0 Å². The monoisotopic (exact) mass is 443 g/mol. The van der Waals surface area contributed by atoms with Crippen molar-refractivity contribution in [3.05, 3.63) is 98.8 Å². The van der Waals surface area contributed by atoms with E-state index in [9.17, 15) is 10.1 Å². The number of nitrogens with zero attached hydrogens (tertiary/aromatic N) is 2. The lowest BCUT2D eigenvalue weighted by Crippen LogP contribution is -2.33. The molecule has 1 aromatic heterocycles. The fraction of sp³-hybridized carbons (Fsp3) is 0.231. The third-order valence-corrected chi connectivity index (χ3v) is 5.90. The van der Waals surface area contributed by atoms with Gasteiger partial charge in [0.25, 0.3) is 5.56 Å². The number of benzene rings is 2. The van der Waals surface area contributed by atoms with Gasteiger partial charge >= 0.3 is 0 Å². The van der Waals surface area contributed by atoms with Gasteiger partial charge in [0.15, 0.2) is 11.5 Å². The summed E-state index contributed by atoms with van der Waals surface area (Å²) in [7, 11) is 3.06. The van der Waals surface area contributed by atoms with Gasteiger partial charge in [-0.2, -0.15) is 5.26 Å². The lowest BCUT2D eigenvalue weighted by atomic mass is 9.83. The zero-order valence-electron chi connectivity index (χ0n) is 18.8. The molecular weight excluding hydrogens is 418 g/mol. The van der Waals surface area contributed by atoms with Crippen molar-refractivity contribution in [2.45, 2.75) is 25.8 Å². The van der Waals surface area contributed by atoms with Gasteiger partial charge in [-0.15, -0.1) is 0 Å². The molecule has 1 aliphatic rings. The van der Waals surface area contributed by atoms with E-state index < -0.39 is 5.92 Å². The minimum atomic E-state index is -0.750. The number of nitriles is 1. The molecule has 0 saturated heterocycles. The van der Waals surface area contributed by atoms with Crippen LogP contribution in [0, 0.1) is 18.3 Å². The molecule has 0 fully saturated rings. The number of hydrogen-bond donors (Lipinski definition) is 1. The van der Waals surface area contributed by atoms with Crippen LogP contribution in [-0.2, 0) is 13.0 Å². The molecule has 4 rings (SSSR count). The van der Waals surface area contributed by atoms with E-state index in [1.807, 2.05) is 37.3 Å². The highest BCUT2D eigenvalue weighted by molar-refractivity contribution is 5.60. The van der Waals surface area contributed by atoms with E-state index in [-0.39, 0.29) is 17.0 Å². The summed E-state index contributed by atoms with van der Waals surface area (Å²) < 4.78 is 18.5. The maximum atomic E-state index is 13.8. The van der Waals surface area contributed by atoms with Crippen molar-refractivity contribution >= 4 is 0 Å². The minimum Gasteiger partial charge on any atom is -0.493 e. The van der Waals surface area contributed by atoms with E-state index in [0.717, 1.165) is 11.3 Å². The molecule has 1 aliphatic heterocycles. The van der Waals surface area contributed by atoms with Gasteiger partial charge in [0, 0.05) is 23.9 Å². The highest BCUT2D eigenvalue weighted by Crippen LogP contribution is 2.46. The molecule has 2 heterocycles. The second-order valence-electron chi connectivity index (χ2n) is 7.76. The molecule has 0 spiro atoms. The molecule has 0 aliphatic carbocycles. The fourth-order valence-electron chi connectivity index (χ4n) is 4.30. The second kappa shape index (κ2) is 9.13. The van der Waals surface area contributed by atoms with Gasteiger partial charge in [-0.05, 0) is 25.0 Å². The molecule has 0 radical (unpaired) electrons. The number of nitrogens with two attached hydrogens (primary N) is 1. The number of pyridine rings is 1. The fourth-order valence-corrected chi connectivity index (χ4v) is 4.30. The number of fused-ring (bicyclic) bond motifs is 1. The molecule has 0 unspecified atom stereocenters. The van der Waals surface area contributed by atoms with Gasteiger partial charge in [0.2, 0.25) is 5.88 Å². The molecule has 7 nitrogen and oxygen atoms in total. The van der Waals surface area contributed by atoms with Crippen molar-refractivity contribution in [2.24, 2.45) is 5.73 Å². The molecule has 168 valence electrons. The molecule has 33 heavy (non-hydrogen) atoms. The quantitative estimate of drug-likeness (QED) is 0.625. The summed E-state index contributed by atoms with van der Waals surface area (Å²) in [4.78, 5) is 13.8. The van der Waals surface area contributed by atoms with Crippen LogP contribution in [0.25, 0.3) is 0 Å². The predicted molar refractivity (Wildman–Crippen MR) is 124 cm³/mol. The number of rotatable bonds is 6. The van der Waals surface area contributed by atoms with Crippen LogP contribution in [0.1, 0.15) is 28.3 Å². The van der Waals surface area contributed by atoms with Gasteiger partial charge in [0.05, 0.1) is 25.7 Å². The van der Waals surface area contributed by atoms with E-state index in [1.54, 1.807) is 28.8 Å². The Morgan fingerprint density at radius 1 is 1.12 bits per heavy atom. The summed E-state index contributed by atoms with van der Waals surface area (Å²) in [5.41, 5.74) is 8.89. The number of aromatic nitrogens is 1. The first-order valence-electron chi connectivity index (χ1n) is 10.6. The Kier molecular flexibility index (Phi) is 6.09. The van der Waals surface area contributed by atoms with Gasteiger partial charge < -0.3 is 24.5 Å². The average Bonchev–Trinajstić information content (AvgIpc) is 2.83. The minimum absolute atomic E-state index is 0.0271. The largest absolute Gasteiger partial charge is 0.493 e. The molecule has 2 N–H and O–H groups in total. The van der Waals surface area contributed by atoms with Crippen LogP contribution >= 0.6 is 0 Å². The molecule has 0 saturated carbocycles. The highest BCUT2D eigenvalue weighted by Gasteiger charge is 2.36. The Morgan fingerprint density at radius 2 is 1.88 bits per heavy atom. The lowest BCUT2D eigenvalue weighted by Gasteiger charge is -2.28. The van der Waals surface area contributed by atoms with E-state index in [2.05, 4.69) is 6.07 Å². The molecule has 2 aromatic carbocycles. The second-order valence-corrected chi connectivity index (χ2v) is 7.76. The van der Waals surface area contributed by atoms with Crippen molar-refractivity contribution < 1.29 is 14.2 Å². The topological polar surface area (TPSA) is 99.5 Å². The standard InChI is InChI=1S/C26H25N3O4/c1-16-14-21-23(26(30)29(16)13-12-17-8-5-4-6-9-17)22(19(15-27)25(28)33-21)18-10-7-11-20(31-2)24(18)32-3/h4-11,14,22H,12-13,28H2,1-3H3/t22-/m0/s1. The highest BCUT2D eigenvalue weighted by atomic mass is 16.5. The summed E-state index contributed by atoms with van der Waals surface area (Å²) in [6.45, 7) is 2.35. The van der Waals surface area contributed by atoms with E-state index in [4.69, 9.17) is 19.9 Å². The van der Waals surface area contributed by atoms with E-state index >= 15 is 0 Å². The SMILES string of the molecule is COc1cccc([C@H]2C(C#N)=C(N)Oc3cc(C)n(CCc4ccccc4)c(=O)c32)c1OC. The number of allylic oxidation sites excluding steroid dienone is 1. The summed E-state index contributed by atoms with van der Waals surface area (Å²) >= 11 is 0. The van der Waals surface area contributed by atoms with Crippen molar-refractivity contribution in [1.29, 1.82) is 5.26 Å². The van der Waals surface area contributed by atoms with Crippen molar-refractivity contribution in [1.82, 2.24) is 4.57 Å². The van der Waals surface area contributed by atoms with Crippen LogP contribution < -0.4 is 25.5 Å². The van der Waals surface area contributed by atoms with Gasteiger partial charge in [-0.25, -0.2) is 0 Å². The normalized spacial score (nSPS) is 14.8. The Balaban J connectivity index is 1.90. The molecule has 3 aromatic rings. The zero-order valence-corrected chi connectivity index (χ0v) is 18.8. The zero-order chi connectivity index (χ0) is 23.5. The van der Waals surface area contributed by atoms with Crippen molar-refractivity contribution in [3.63, 3.8) is 0 Å². The number of hydrogen-bond acceptors (Lipinski definition) is 6. The molecule has 1 atom stereocenters. The summed E-state index contributed by atoms with van der Waals surface area (Å²) in [5.74, 6) is 0.505. The number of ether oxygens (including phenoxy) is 3. The third-order valence-electron chi connectivity index (χ3n) is 5.90. The van der Waals surface area contributed by atoms with Crippen LogP contribution in [0.3, 0.4) is 0 Å². The Bertz CT molecular complexity index is 1320. The molecule has 7 heteroatoms. The first kappa shape index (κ1) is 22.0. The smallest absolute Gasteiger partial charge is 0.258 e. The molecular formula is C26H25N3O4. The summed E-state index contributed by atoms with van der Waals surface area (Å²) in [5, 5.41) is 9.93. The first-order chi connectivity index (χ1) is 16.0. The van der Waals surface area contributed by atoms with Crippen molar-refractivity contribution in [2.75, 3.05) is 14.2 Å². The van der Waals surface area contributed by atoms with Gasteiger partial charge in [0.1, 0.15) is 17.4 Å². The number of para-hydroxylation sites is 1. The van der Waals surface area contributed by atoms with E-state index in [0.29, 0.717) is 41.3 Å². The van der Waals surface area contributed by atoms with Crippen LogP contribution in [0.15, 0.2) is 70.8 Å². The van der Waals surface area contributed by atoms with Crippen molar-refractivity contribution in [3.8, 4) is 23.3 Å². The van der Waals surface area contributed by atoms with Gasteiger partial charge in [-0.1, -0.05) is 42.5 Å². The third kappa shape index (κ3) is 3.92. The Labute approximate surface area is 192 Å². The number of aryl methyl sites for hydroxylation is 2. The summed E-state index contributed by atoms with van der Waals surface area (Å²) in [6.07, 6.45) is 0.692.